The number of para-hydroxylation sites is 1. The van der Waals surface area contributed by atoms with Gasteiger partial charge in [0, 0.05) is 18.9 Å². The highest BCUT2D eigenvalue weighted by atomic mass is 15.1. The van der Waals surface area contributed by atoms with Crippen LogP contribution >= 0.6 is 0 Å². The predicted octanol–water partition coefficient (Wildman–Crippen LogP) is 2.83. The first-order valence-electron chi connectivity index (χ1n) is 3.91. The molecule has 1 heterocycles. The molecule has 0 atom stereocenters. The van der Waals surface area contributed by atoms with Crippen molar-refractivity contribution in [3.05, 3.63) is 55.2 Å². The standard InChI is InChI=1S/C11H10N/c1-12-9-5-4-7-10-6-2-3-8-11(10)12/h2-9H,1H2. The number of allylic oxidation sites excluding steroid dienone is 2. The Morgan fingerprint density at radius 1 is 1.08 bits per heavy atom. The molecule has 0 unspecified atom stereocenters. The van der Waals surface area contributed by atoms with Gasteiger partial charge < -0.3 is 4.90 Å². The van der Waals surface area contributed by atoms with Crippen LogP contribution in [-0.2, 0) is 0 Å². The molecule has 0 amide bonds. The molecular weight excluding hydrogens is 146 g/mol. The molecule has 1 radical (unpaired) electrons. The summed E-state index contributed by atoms with van der Waals surface area (Å²) in [5, 5.41) is 0. The molecule has 0 fully saturated rings. The molecule has 0 bridgehead atoms. The van der Waals surface area contributed by atoms with Gasteiger partial charge in [-0.25, -0.2) is 0 Å². The molecule has 1 aromatic rings. The number of nitrogens with zero attached hydrogens (tertiary/aromatic N) is 1. The summed E-state index contributed by atoms with van der Waals surface area (Å²) in [6, 6.07) is 8.19. The normalized spacial score (nSPS) is 14.2. The Bertz CT molecular complexity index is 337. The average Bonchev–Trinajstić information content (AvgIpc) is 2.29. The van der Waals surface area contributed by atoms with Crippen molar-refractivity contribution in [2.75, 3.05) is 4.90 Å². The van der Waals surface area contributed by atoms with Gasteiger partial charge in [-0.15, -0.1) is 0 Å². The average molecular weight is 156 g/mol. The van der Waals surface area contributed by atoms with E-state index in [9.17, 15) is 0 Å². The summed E-state index contributed by atoms with van der Waals surface area (Å²) < 4.78 is 0. The summed E-state index contributed by atoms with van der Waals surface area (Å²) in [5.74, 6) is 0. The first-order valence-corrected chi connectivity index (χ1v) is 3.91. The smallest absolute Gasteiger partial charge is 0.0480 e. The van der Waals surface area contributed by atoms with Crippen molar-refractivity contribution in [2.24, 2.45) is 0 Å². The summed E-state index contributed by atoms with van der Waals surface area (Å²) in [4.78, 5) is 1.87. The molecule has 1 aliphatic heterocycles. The second kappa shape index (κ2) is 2.86. The van der Waals surface area contributed by atoms with Crippen LogP contribution in [-0.4, -0.2) is 0 Å². The van der Waals surface area contributed by atoms with E-state index in [1.807, 2.05) is 35.4 Å². The third-order valence-corrected chi connectivity index (χ3v) is 1.90. The van der Waals surface area contributed by atoms with E-state index in [0.717, 1.165) is 5.69 Å². The fourth-order valence-corrected chi connectivity index (χ4v) is 1.28. The number of rotatable bonds is 0. The molecular formula is C11H10N. The highest BCUT2D eigenvalue weighted by Gasteiger charge is 2.02. The van der Waals surface area contributed by atoms with E-state index < -0.39 is 0 Å². The van der Waals surface area contributed by atoms with Gasteiger partial charge in [-0.1, -0.05) is 30.4 Å². The van der Waals surface area contributed by atoms with E-state index in [1.165, 1.54) is 5.56 Å². The van der Waals surface area contributed by atoms with Crippen molar-refractivity contribution >= 4 is 11.8 Å². The maximum Gasteiger partial charge on any atom is 0.0480 e. The van der Waals surface area contributed by atoms with Crippen molar-refractivity contribution in [1.29, 1.82) is 0 Å². The molecule has 12 heavy (non-hydrogen) atoms. The van der Waals surface area contributed by atoms with E-state index >= 15 is 0 Å². The lowest BCUT2D eigenvalue weighted by Crippen LogP contribution is -2.04. The molecule has 1 aliphatic rings. The number of fused-ring (bicyclic) bond motifs is 1. The summed E-state index contributed by atoms with van der Waals surface area (Å²) in [6.07, 6.45) is 8.02. The largest absolute Gasteiger partial charge is 0.346 e. The maximum atomic E-state index is 3.91. The Morgan fingerprint density at radius 3 is 2.83 bits per heavy atom. The molecule has 0 aromatic heterocycles. The van der Waals surface area contributed by atoms with Crippen LogP contribution in [0.3, 0.4) is 0 Å². The van der Waals surface area contributed by atoms with Crippen LogP contribution < -0.4 is 4.90 Å². The molecule has 1 aromatic carbocycles. The van der Waals surface area contributed by atoms with Gasteiger partial charge in [0.2, 0.25) is 0 Å². The molecule has 59 valence electrons. The second-order valence-corrected chi connectivity index (χ2v) is 2.73. The zero-order chi connectivity index (χ0) is 8.39. The topological polar surface area (TPSA) is 3.24 Å². The minimum absolute atomic E-state index is 1.14. The summed E-state index contributed by atoms with van der Waals surface area (Å²) >= 11 is 0. The Kier molecular flexibility index (Phi) is 1.71. The molecule has 1 nitrogen and oxygen atoms in total. The summed E-state index contributed by atoms with van der Waals surface area (Å²) in [5.41, 5.74) is 2.35. The molecule has 2 rings (SSSR count). The Balaban J connectivity index is 2.56. The van der Waals surface area contributed by atoms with Gasteiger partial charge in [0.15, 0.2) is 0 Å². The van der Waals surface area contributed by atoms with E-state index in [4.69, 9.17) is 0 Å². The van der Waals surface area contributed by atoms with E-state index in [0.29, 0.717) is 0 Å². The lowest BCUT2D eigenvalue weighted by Gasteiger charge is -2.14. The zero-order valence-electron chi connectivity index (χ0n) is 6.77. The van der Waals surface area contributed by atoms with Crippen LogP contribution in [0.5, 0.6) is 0 Å². The van der Waals surface area contributed by atoms with Gasteiger partial charge in [0.25, 0.3) is 0 Å². The van der Waals surface area contributed by atoms with Gasteiger partial charge in [0.05, 0.1) is 0 Å². The van der Waals surface area contributed by atoms with Crippen LogP contribution in [0.2, 0.25) is 0 Å². The molecule has 0 saturated heterocycles. The van der Waals surface area contributed by atoms with Crippen molar-refractivity contribution in [1.82, 2.24) is 0 Å². The lowest BCUT2D eigenvalue weighted by molar-refractivity contribution is 1.28. The SMILES string of the molecule is [CH2]N1C=CC=Cc2ccccc21. The van der Waals surface area contributed by atoms with Crippen molar-refractivity contribution in [3.63, 3.8) is 0 Å². The minimum Gasteiger partial charge on any atom is -0.346 e. The monoisotopic (exact) mass is 156 g/mol. The number of hydrogen-bond acceptors (Lipinski definition) is 1. The molecule has 0 N–H and O–H groups in total. The van der Waals surface area contributed by atoms with Gasteiger partial charge in [-0.2, -0.15) is 0 Å². The maximum absolute atomic E-state index is 3.91. The third-order valence-electron chi connectivity index (χ3n) is 1.90. The van der Waals surface area contributed by atoms with Crippen molar-refractivity contribution in [3.8, 4) is 0 Å². The van der Waals surface area contributed by atoms with Crippen LogP contribution in [0.25, 0.3) is 6.08 Å². The highest BCUT2D eigenvalue weighted by molar-refractivity contribution is 5.71. The van der Waals surface area contributed by atoms with E-state index in [-0.39, 0.29) is 0 Å². The van der Waals surface area contributed by atoms with Gasteiger partial charge in [0.1, 0.15) is 0 Å². The second-order valence-electron chi connectivity index (χ2n) is 2.73. The molecule has 0 spiro atoms. The van der Waals surface area contributed by atoms with E-state index in [1.54, 1.807) is 0 Å². The van der Waals surface area contributed by atoms with Crippen LogP contribution in [0.1, 0.15) is 5.56 Å². The quantitative estimate of drug-likeness (QED) is 0.558. The molecule has 1 heteroatoms. The summed E-state index contributed by atoms with van der Waals surface area (Å²) in [6.45, 7) is 0. The number of benzene rings is 1. The van der Waals surface area contributed by atoms with Gasteiger partial charge in [-0.3, -0.25) is 0 Å². The molecule has 0 saturated carbocycles. The Labute approximate surface area is 72.6 Å². The Morgan fingerprint density at radius 2 is 1.92 bits per heavy atom. The van der Waals surface area contributed by atoms with Gasteiger partial charge in [-0.05, 0) is 17.7 Å². The number of anilines is 1. The third kappa shape index (κ3) is 1.14. The first kappa shape index (κ1) is 7.17. The lowest BCUT2D eigenvalue weighted by atomic mass is 10.1. The Hall–Kier alpha value is -1.50. The predicted molar refractivity (Wildman–Crippen MR) is 52.5 cm³/mol. The number of hydrogen-bond donors (Lipinski definition) is 0. The fraction of sp³-hybridized carbons (Fsp3) is 0. The van der Waals surface area contributed by atoms with Gasteiger partial charge >= 0.3 is 0 Å². The van der Waals surface area contributed by atoms with Crippen molar-refractivity contribution < 1.29 is 0 Å². The molecule has 0 aliphatic carbocycles. The minimum atomic E-state index is 1.14. The van der Waals surface area contributed by atoms with Crippen LogP contribution in [0.15, 0.2) is 42.6 Å². The highest BCUT2D eigenvalue weighted by Crippen LogP contribution is 2.23. The van der Waals surface area contributed by atoms with Crippen LogP contribution in [0, 0.1) is 7.05 Å². The van der Waals surface area contributed by atoms with Crippen molar-refractivity contribution in [2.45, 2.75) is 0 Å². The van der Waals surface area contributed by atoms with E-state index in [2.05, 4.69) is 25.3 Å². The first-order chi connectivity index (χ1) is 5.88. The zero-order valence-corrected chi connectivity index (χ0v) is 6.77. The summed E-state index contributed by atoms with van der Waals surface area (Å²) in [7, 11) is 3.91. The fourth-order valence-electron chi connectivity index (χ4n) is 1.28. The van der Waals surface area contributed by atoms with Crippen LogP contribution in [0.4, 0.5) is 5.69 Å².